The molecule has 0 aliphatic heterocycles. The molecule has 0 amide bonds. The summed E-state index contributed by atoms with van der Waals surface area (Å²) in [4.78, 5) is 0. The molecule has 0 heterocycles. The third-order valence-corrected chi connectivity index (χ3v) is 3.55. The second kappa shape index (κ2) is 6.86. The Labute approximate surface area is 126 Å². The van der Waals surface area contributed by atoms with Crippen molar-refractivity contribution in [3.05, 3.63) is 63.9 Å². The van der Waals surface area contributed by atoms with Crippen molar-refractivity contribution in [2.45, 2.75) is 18.9 Å². The van der Waals surface area contributed by atoms with Crippen LogP contribution in [0.5, 0.6) is 5.75 Å². The van der Waals surface area contributed by atoms with E-state index in [-0.39, 0.29) is 11.9 Å². The number of para-hydroxylation sites is 1. The number of rotatable bonds is 5. The lowest BCUT2D eigenvalue weighted by Crippen LogP contribution is -2.25. The van der Waals surface area contributed by atoms with E-state index >= 15 is 0 Å². The third-order valence-electron chi connectivity index (χ3n) is 3.09. The van der Waals surface area contributed by atoms with Gasteiger partial charge in [0.25, 0.3) is 0 Å². The maximum atomic E-state index is 13.3. The summed E-state index contributed by atoms with van der Waals surface area (Å²) < 4.78 is 19.4. The molecule has 2 aromatic carbocycles. The first-order chi connectivity index (χ1) is 9.58. The summed E-state index contributed by atoms with van der Waals surface area (Å²) >= 11 is 3.29. The van der Waals surface area contributed by atoms with E-state index in [9.17, 15) is 4.39 Å². The van der Waals surface area contributed by atoms with Gasteiger partial charge in [-0.3, -0.25) is 0 Å². The Kier molecular flexibility index (Phi) is 5.15. The largest absolute Gasteiger partial charge is 0.496 e. The number of ether oxygens (including phenoxy) is 1. The molecule has 2 nitrogen and oxygen atoms in total. The zero-order valence-electron chi connectivity index (χ0n) is 11.3. The molecule has 0 saturated carbocycles. The molecular formula is C16H17BrFNO. The van der Waals surface area contributed by atoms with E-state index in [1.165, 1.54) is 12.1 Å². The van der Waals surface area contributed by atoms with Gasteiger partial charge in [0.05, 0.1) is 7.11 Å². The van der Waals surface area contributed by atoms with Crippen LogP contribution in [0.15, 0.2) is 46.9 Å². The van der Waals surface area contributed by atoms with Gasteiger partial charge in [-0.1, -0.05) is 34.1 Å². The van der Waals surface area contributed by atoms with Crippen molar-refractivity contribution in [1.29, 1.82) is 0 Å². The van der Waals surface area contributed by atoms with Gasteiger partial charge in [-0.2, -0.15) is 0 Å². The van der Waals surface area contributed by atoms with Crippen LogP contribution >= 0.6 is 15.9 Å². The van der Waals surface area contributed by atoms with Crippen molar-refractivity contribution in [1.82, 2.24) is 0 Å². The van der Waals surface area contributed by atoms with Gasteiger partial charge in [-0.05, 0) is 48.2 Å². The number of methoxy groups -OCH3 is 1. The molecule has 0 spiro atoms. The van der Waals surface area contributed by atoms with Gasteiger partial charge in [0.1, 0.15) is 11.6 Å². The summed E-state index contributed by atoms with van der Waals surface area (Å²) in [5, 5.41) is 0. The highest BCUT2D eigenvalue weighted by Gasteiger charge is 2.10. The molecule has 0 bridgehead atoms. The Morgan fingerprint density at radius 3 is 2.65 bits per heavy atom. The Bertz CT molecular complexity index is 568. The Hall–Kier alpha value is -1.39. The number of hydrogen-bond donors (Lipinski definition) is 1. The van der Waals surface area contributed by atoms with E-state index in [0.717, 1.165) is 21.3 Å². The van der Waals surface area contributed by atoms with Crippen LogP contribution in [-0.2, 0) is 12.8 Å². The average Bonchev–Trinajstić information content (AvgIpc) is 2.37. The fraction of sp³-hybridized carbons (Fsp3) is 0.250. The van der Waals surface area contributed by atoms with E-state index in [2.05, 4.69) is 15.9 Å². The van der Waals surface area contributed by atoms with E-state index in [4.69, 9.17) is 10.5 Å². The van der Waals surface area contributed by atoms with Crippen molar-refractivity contribution in [3.63, 3.8) is 0 Å². The van der Waals surface area contributed by atoms with E-state index in [1.54, 1.807) is 7.11 Å². The lowest BCUT2D eigenvalue weighted by Gasteiger charge is -2.14. The maximum absolute atomic E-state index is 13.3. The van der Waals surface area contributed by atoms with Gasteiger partial charge >= 0.3 is 0 Å². The van der Waals surface area contributed by atoms with Crippen molar-refractivity contribution in [2.75, 3.05) is 7.11 Å². The highest BCUT2D eigenvalue weighted by molar-refractivity contribution is 9.10. The molecule has 0 aromatic heterocycles. The molecular weight excluding hydrogens is 321 g/mol. The summed E-state index contributed by atoms with van der Waals surface area (Å²) in [7, 11) is 1.65. The standard InChI is InChI=1S/C16H17BrFNO/c1-20-16-5-3-2-4-12(16)9-15(19)8-11-6-13(17)10-14(18)7-11/h2-7,10,15H,8-9,19H2,1H3. The molecule has 2 rings (SSSR count). The lowest BCUT2D eigenvalue weighted by molar-refractivity contribution is 0.407. The minimum Gasteiger partial charge on any atom is -0.496 e. The predicted molar refractivity (Wildman–Crippen MR) is 82.5 cm³/mol. The van der Waals surface area contributed by atoms with Gasteiger partial charge in [0.15, 0.2) is 0 Å². The summed E-state index contributed by atoms with van der Waals surface area (Å²) in [6.07, 6.45) is 1.31. The molecule has 0 aliphatic rings. The summed E-state index contributed by atoms with van der Waals surface area (Å²) in [5.41, 5.74) is 8.12. The maximum Gasteiger partial charge on any atom is 0.124 e. The Balaban J connectivity index is 2.07. The number of hydrogen-bond acceptors (Lipinski definition) is 2. The van der Waals surface area contributed by atoms with Crippen LogP contribution in [0.4, 0.5) is 4.39 Å². The van der Waals surface area contributed by atoms with Crippen LogP contribution in [0.2, 0.25) is 0 Å². The molecule has 1 unspecified atom stereocenters. The minimum atomic E-state index is -0.251. The number of nitrogens with two attached hydrogens (primary N) is 1. The first-order valence-electron chi connectivity index (χ1n) is 6.41. The van der Waals surface area contributed by atoms with Gasteiger partial charge in [0.2, 0.25) is 0 Å². The van der Waals surface area contributed by atoms with Crippen LogP contribution in [0.1, 0.15) is 11.1 Å². The molecule has 0 aliphatic carbocycles. The van der Waals surface area contributed by atoms with Gasteiger partial charge in [0, 0.05) is 10.5 Å². The van der Waals surface area contributed by atoms with Gasteiger partial charge in [-0.25, -0.2) is 4.39 Å². The normalized spacial score (nSPS) is 12.2. The smallest absolute Gasteiger partial charge is 0.124 e. The van der Waals surface area contributed by atoms with Crippen LogP contribution in [0.3, 0.4) is 0 Å². The van der Waals surface area contributed by atoms with Crippen LogP contribution < -0.4 is 10.5 Å². The number of benzene rings is 2. The monoisotopic (exact) mass is 337 g/mol. The van der Waals surface area contributed by atoms with E-state index < -0.39 is 0 Å². The van der Waals surface area contributed by atoms with Crippen LogP contribution in [0.25, 0.3) is 0 Å². The first kappa shape index (κ1) is 15.0. The van der Waals surface area contributed by atoms with Crippen molar-refractivity contribution >= 4 is 15.9 Å². The van der Waals surface area contributed by atoms with Gasteiger partial charge < -0.3 is 10.5 Å². The molecule has 2 N–H and O–H groups in total. The van der Waals surface area contributed by atoms with Crippen LogP contribution in [0, 0.1) is 5.82 Å². The second-order valence-corrected chi connectivity index (χ2v) is 5.67. The highest BCUT2D eigenvalue weighted by Crippen LogP contribution is 2.21. The quantitative estimate of drug-likeness (QED) is 0.902. The zero-order chi connectivity index (χ0) is 14.5. The van der Waals surface area contributed by atoms with E-state index in [1.807, 2.05) is 30.3 Å². The zero-order valence-corrected chi connectivity index (χ0v) is 12.9. The Morgan fingerprint density at radius 1 is 1.20 bits per heavy atom. The lowest BCUT2D eigenvalue weighted by atomic mass is 9.99. The molecule has 0 radical (unpaired) electrons. The average molecular weight is 338 g/mol. The highest BCUT2D eigenvalue weighted by atomic mass is 79.9. The fourth-order valence-corrected chi connectivity index (χ4v) is 2.77. The topological polar surface area (TPSA) is 35.2 Å². The molecule has 0 saturated heterocycles. The fourth-order valence-electron chi connectivity index (χ4n) is 2.26. The minimum absolute atomic E-state index is 0.0833. The summed E-state index contributed by atoms with van der Waals surface area (Å²) in [6.45, 7) is 0. The molecule has 20 heavy (non-hydrogen) atoms. The third kappa shape index (κ3) is 4.05. The van der Waals surface area contributed by atoms with Crippen LogP contribution in [-0.4, -0.2) is 13.2 Å². The SMILES string of the molecule is COc1ccccc1CC(N)Cc1cc(F)cc(Br)c1. The van der Waals surface area contributed by atoms with Crippen molar-refractivity contribution < 1.29 is 9.13 Å². The van der Waals surface area contributed by atoms with Crippen molar-refractivity contribution in [2.24, 2.45) is 5.73 Å². The molecule has 106 valence electrons. The summed E-state index contributed by atoms with van der Waals surface area (Å²) in [5.74, 6) is 0.585. The predicted octanol–water partition coefficient (Wildman–Crippen LogP) is 3.71. The second-order valence-electron chi connectivity index (χ2n) is 4.76. The molecule has 0 fully saturated rings. The summed E-state index contributed by atoms with van der Waals surface area (Å²) in [6, 6.07) is 12.6. The molecule has 1 atom stereocenters. The van der Waals surface area contributed by atoms with E-state index in [0.29, 0.717) is 12.8 Å². The molecule has 2 aromatic rings. The van der Waals surface area contributed by atoms with Gasteiger partial charge in [-0.15, -0.1) is 0 Å². The van der Waals surface area contributed by atoms with Crippen molar-refractivity contribution in [3.8, 4) is 5.75 Å². The first-order valence-corrected chi connectivity index (χ1v) is 7.20. The Morgan fingerprint density at radius 2 is 1.95 bits per heavy atom. The molecule has 4 heteroatoms. The number of halogens is 2.